The third-order valence-electron chi connectivity index (χ3n) is 3.88. The topological polar surface area (TPSA) is 94.1 Å². The van der Waals surface area contributed by atoms with Gasteiger partial charge < -0.3 is 9.47 Å². The number of aryl methyl sites for hydroxylation is 1. The van der Waals surface area contributed by atoms with Crippen molar-refractivity contribution in [1.82, 2.24) is 5.32 Å². The highest BCUT2D eigenvalue weighted by molar-refractivity contribution is 8.19. The van der Waals surface area contributed by atoms with Crippen molar-refractivity contribution in [1.29, 1.82) is 0 Å². The number of carbonyl (C=O) groups is 1. The highest BCUT2D eigenvalue weighted by atomic mass is 32.2. The summed E-state index contributed by atoms with van der Waals surface area (Å²) in [5.41, 5.74) is 1.65. The van der Waals surface area contributed by atoms with Gasteiger partial charge in [-0.1, -0.05) is 23.8 Å². The number of sulfonamides is 1. The molecule has 1 aliphatic rings. The van der Waals surface area contributed by atoms with E-state index in [9.17, 15) is 13.2 Å². The SMILES string of the molecule is COc1ccc(/C=C2/S/C(=N\S(=O)(=O)c3ccc(C)cc3)NC2=O)cc1OC. The molecule has 1 N–H and O–H groups in total. The molecular weight excluding hydrogens is 400 g/mol. The third kappa shape index (κ3) is 4.37. The Kier molecular flexibility index (Phi) is 5.76. The number of nitrogens with zero attached hydrogens (tertiary/aromatic N) is 1. The highest BCUT2D eigenvalue weighted by Gasteiger charge is 2.26. The highest BCUT2D eigenvalue weighted by Crippen LogP contribution is 2.31. The van der Waals surface area contributed by atoms with Gasteiger partial charge in [0.1, 0.15) is 0 Å². The van der Waals surface area contributed by atoms with Crippen LogP contribution in [-0.4, -0.2) is 33.7 Å². The summed E-state index contributed by atoms with van der Waals surface area (Å²) >= 11 is 0.961. The molecule has 0 bridgehead atoms. The number of rotatable bonds is 5. The number of thioether (sulfide) groups is 1. The van der Waals surface area contributed by atoms with Crippen LogP contribution in [0.4, 0.5) is 0 Å². The molecule has 1 amide bonds. The minimum absolute atomic E-state index is 0.0114. The summed E-state index contributed by atoms with van der Waals surface area (Å²) in [6.45, 7) is 1.86. The van der Waals surface area contributed by atoms with Crippen LogP contribution in [0.15, 0.2) is 56.7 Å². The van der Waals surface area contributed by atoms with Gasteiger partial charge in [-0.05, 0) is 54.6 Å². The monoisotopic (exact) mass is 418 g/mol. The summed E-state index contributed by atoms with van der Waals surface area (Å²) in [5, 5.41) is 2.49. The van der Waals surface area contributed by atoms with Crippen molar-refractivity contribution < 1.29 is 22.7 Å². The van der Waals surface area contributed by atoms with Crippen molar-refractivity contribution in [2.24, 2.45) is 4.40 Å². The average Bonchev–Trinajstić information content (AvgIpc) is 3.00. The molecule has 9 heteroatoms. The number of hydrogen-bond acceptors (Lipinski definition) is 6. The van der Waals surface area contributed by atoms with Crippen molar-refractivity contribution in [3.05, 3.63) is 58.5 Å². The lowest BCUT2D eigenvalue weighted by Gasteiger charge is -2.07. The zero-order valence-corrected chi connectivity index (χ0v) is 17.1. The second kappa shape index (κ2) is 8.07. The van der Waals surface area contributed by atoms with Crippen LogP contribution in [0.1, 0.15) is 11.1 Å². The van der Waals surface area contributed by atoms with Gasteiger partial charge in [0.15, 0.2) is 16.7 Å². The molecule has 0 spiro atoms. The fourth-order valence-corrected chi connectivity index (χ4v) is 4.42. The summed E-state index contributed by atoms with van der Waals surface area (Å²) in [5.74, 6) is 0.674. The van der Waals surface area contributed by atoms with Crippen LogP contribution in [0.5, 0.6) is 11.5 Å². The molecule has 1 fully saturated rings. The van der Waals surface area contributed by atoms with Crippen molar-refractivity contribution in [3.63, 3.8) is 0 Å². The van der Waals surface area contributed by atoms with Crippen molar-refractivity contribution in [3.8, 4) is 11.5 Å². The second-order valence-electron chi connectivity index (χ2n) is 5.86. The zero-order chi connectivity index (χ0) is 20.3. The van der Waals surface area contributed by atoms with E-state index in [-0.39, 0.29) is 10.1 Å². The molecule has 146 valence electrons. The normalized spacial score (nSPS) is 17.0. The number of nitrogens with one attached hydrogen (secondary N) is 1. The first-order chi connectivity index (χ1) is 13.3. The molecule has 1 saturated heterocycles. The van der Waals surface area contributed by atoms with Crippen LogP contribution >= 0.6 is 11.8 Å². The van der Waals surface area contributed by atoms with Gasteiger partial charge >= 0.3 is 0 Å². The van der Waals surface area contributed by atoms with E-state index in [1.54, 1.807) is 36.4 Å². The molecule has 0 aromatic heterocycles. The minimum atomic E-state index is -3.91. The predicted octanol–water partition coefficient (Wildman–Crippen LogP) is 2.96. The maximum Gasteiger partial charge on any atom is 0.284 e. The fourth-order valence-electron chi connectivity index (χ4n) is 2.44. The molecule has 0 atom stereocenters. The van der Waals surface area contributed by atoms with Gasteiger partial charge in [-0.15, -0.1) is 4.40 Å². The van der Waals surface area contributed by atoms with E-state index >= 15 is 0 Å². The molecular formula is C19H18N2O5S2. The largest absolute Gasteiger partial charge is 0.493 e. The van der Waals surface area contributed by atoms with E-state index in [4.69, 9.17) is 9.47 Å². The summed E-state index contributed by atoms with van der Waals surface area (Å²) in [6.07, 6.45) is 1.63. The van der Waals surface area contributed by atoms with Gasteiger partial charge in [-0.2, -0.15) is 8.42 Å². The number of benzene rings is 2. The summed E-state index contributed by atoms with van der Waals surface area (Å²) in [7, 11) is -0.856. The minimum Gasteiger partial charge on any atom is -0.493 e. The van der Waals surface area contributed by atoms with Gasteiger partial charge in [-0.25, -0.2) is 0 Å². The molecule has 2 aromatic rings. The Hall–Kier alpha value is -2.78. The van der Waals surface area contributed by atoms with Crippen LogP contribution < -0.4 is 14.8 Å². The molecule has 0 aliphatic carbocycles. The van der Waals surface area contributed by atoms with Gasteiger partial charge in [0.25, 0.3) is 15.9 Å². The quantitative estimate of drug-likeness (QED) is 0.751. The lowest BCUT2D eigenvalue weighted by Crippen LogP contribution is -2.20. The molecule has 0 saturated carbocycles. The number of ether oxygens (including phenoxy) is 2. The second-order valence-corrected chi connectivity index (χ2v) is 8.50. The van der Waals surface area contributed by atoms with Gasteiger partial charge in [0.05, 0.1) is 24.0 Å². The first kappa shape index (κ1) is 20.0. The number of hydrogen-bond donors (Lipinski definition) is 1. The van der Waals surface area contributed by atoms with Gasteiger partial charge in [0, 0.05) is 0 Å². The van der Waals surface area contributed by atoms with E-state index < -0.39 is 15.9 Å². The summed E-state index contributed by atoms with van der Waals surface area (Å²) < 4.78 is 39.0. The zero-order valence-electron chi connectivity index (χ0n) is 15.4. The standard InChI is InChI=1S/C19H18N2O5S2/c1-12-4-7-14(8-5-12)28(23,24)21-19-20-18(22)17(27-19)11-13-6-9-15(25-2)16(10-13)26-3/h4-11H,1-3H3,(H,20,21,22)/b17-11+. The van der Waals surface area contributed by atoms with E-state index in [1.165, 1.54) is 26.4 Å². The van der Waals surface area contributed by atoms with Crippen LogP contribution in [0, 0.1) is 6.92 Å². The predicted molar refractivity (Wildman–Crippen MR) is 109 cm³/mol. The van der Waals surface area contributed by atoms with Crippen molar-refractivity contribution in [2.75, 3.05) is 14.2 Å². The third-order valence-corrected chi connectivity index (χ3v) is 6.19. The number of amides is 1. The maximum absolute atomic E-state index is 12.4. The van der Waals surface area contributed by atoms with Gasteiger partial charge in [-0.3, -0.25) is 10.1 Å². The van der Waals surface area contributed by atoms with Gasteiger partial charge in [0.2, 0.25) is 0 Å². The number of methoxy groups -OCH3 is 2. The first-order valence-electron chi connectivity index (χ1n) is 8.17. The lowest BCUT2D eigenvalue weighted by atomic mass is 10.2. The summed E-state index contributed by atoms with van der Waals surface area (Å²) in [6, 6.07) is 11.6. The number of carbonyl (C=O) groups excluding carboxylic acids is 1. The Balaban J connectivity index is 1.86. The Bertz CT molecular complexity index is 1070. The molecule has 2 aromatic carbocycles. The van der Waals surface area contributed by atoms with E-state index in [0.717, 1.165) is 17.3 Å². The maximum atomic E-state index is 12.4. The molecule has 7 nitrogen and oxygen atoms in total. The lowest BCUT2D eigenvalue weighted by molar-refractivity contribution is -0.115. The Morgan fingerprint density at radius 1 is 1.04 bits per heavy atom. The van der Waals surface area contributed by atoms with E-state index in [0.29, 0.717) is 22.0 Å². The molecule has 28 heavy (non-hydrogen) atoms. The molecule has 3 rings (SSSR count). The van der Waals surface area contributed by atoms with Crippen LogP contribution in [0.2, 0.25) is 0 Å². The first-order valence-corrected chi connectivity index (χ1v) is 10.4. The Morgan fingerprint density at radius 3 is 2.36 bits per heavy atom. The smallest absolute Gasteiger partial charge is 0.284 e. The van der Waals surface area contributed by atoms with Crippen molar-refractivity contribution in [2.45, 2.75) is 11.8 Å². The van der Waals surface area contributed by atoms with Crippen LogP contribution in [-0.2, 0) is 14.8 Å². The number of amidine groups is 1. The molecule has 0 radical (unpaired) electrons. The Morgan fingerprint density at radius 2 is 1.71 bits per heavy atom. The van der Waals surface area contributed by atoms with Crippen LogP contribution in [0.25, 0.3) is 6.08 Å². The Labute approximate surface area is 167 Å². The van der Waals surface area contributed by atoms with Crippen LogP contribution in [0.3, 0.4) is 0 Å². The van der Waals surface area contributed by atoms with E-state index in [1.807, 2.05) is 6.92 Å². The summed E-state index contributed by atoms with van der Waals surface area (Å²) in [4.78, 5) is 12.6. The van der Waals surface area contributed by atoms with E-state index in [2.05, 4.69) is 9.71 Å². The molecule has 0 unspecified atom stereocenters. The van der Waals surface area contributed by atoms with Crippen molar-refractivity contribution >= 4 is 38.9 Å². The molecule has 1 heterocycles. The molecule has 1 aliphatic heterocycles. The average molecular weight is 418 g/mol. The fraction of sp³-hybridized carbons (Fsp3) is 0.158.